The van der Waals surface area contributed by atoms with Crippen LogP contribution in [0.4, 0.5) is 0 Å². The molecule has 18 heavy (non-hydrogen) atoms. The number of halogens is 1. The Kier molecular flexibility index (Phi) is 6.72. The average Bonchev–Trinajstić information content (AvgIpc) is 2.25. The second kappa shape index (κ2) is 7.80. The minimum atomic E-state index is 0.190. The van der Waals surface area contributed by atoms with Gasteiger partial charge < -0.3 is 10.5 Å². The van der Waals surface area contributed by atoms with Gasteiger partial charge in [0.15, 0.2) is 0 Å². The van der Waals surface area contributed by atoms with E-state index in [9.17, 15) is 0 Å². The van der Waals surface area contributed by atoms with Gasteiger partial charge in [-0.15, -0.1) is 0 Å². The van der Waals surface area contributed by atoms with Crippen LogP contribution < -0.4 is 10.5 Å². The molecule has 2 N–H and O–H groups in total. The number of rotatable bonds is 7. The maximum absolute atomic E-state index is 5.79. The first-order valence-electron chi connectivity index (χ1n) is 6.66. The molecule has 1 atom stereocenters. The molecular weight excluding hydrogens is 290 g/mol. The Hall–Kier alpha value is -0.540. The zero-order valence-corrected chi connectivity index (χ0v) is 13.2. The van der Waals surface area contributed by atoms with Crippen molar-refractivity contribution in [2.24, 2.45) is 11.7 Å². The van der Waals surface area contributed by atoms with E-state index in [1.807, 2.05) is 13.0 Å². The molecule has 1 unspecified atom stereocenters. The highest BCUT2D eigenvalue weighted by Gasteiger charge is 2.04. The average molecular weight is 314 g/mol. The summed E-state index contributed by atoms with van der Waals surface area (Å²) in [4.78, 5) is 0. The van der Waals surface area contributed by atoms with Gasteiger partial charge in [-0.2, -0.15) is 0 Å². The minimum absolute atomic E-state index is 0.190. The topological polar surface area (TPSA) is 35.2 Å². The highest BCUT2D eigenvalue weighted by molar-refractivity contribution is 9.10. The summed E-state index contributed by atoms with van der Waals surface area (Å²) in [5.74, 6) is 1.66. The lowest BCUT2D eigenvalue weighted by Crippen LogP contribution is -2.17. The fraction of sp³-hybridized carbons (Fsp3) is 0.600. The fourth-order valence-corrected chi connectivity index (χ4v) is 2.37. The molecule has 0 fully saturated rings. The van der Waals surface area contributed by atoms with Crippen LogP contribution in [0.3, 0.4) is 0 Å². The van der Waals surface area contributed by atoms with Crippen molar-refractivity contribution in [2.75, 3.05) is 6.61 Å². The van der Waals surface area contributed by atoms with E-state index in [0.717, 1.165) is 35.6 Å². The first-order chi connectivity index (χ1) is 8.49. The number of nitrogens with two attached hydrogens (primary N) is 1. The number of hydrogen-bond acceptors (Lipinski definition) is 2. The van der Waals surface area contributed by atoms with Crippen molar-refractivity contribution in [1.29, 1.82) is 0 Å². The molecule has 1 rings (SSSR count). The normalized spacial score (nSPS) is 12.8. The third-order valence-electron chi connectivity index (χ3n) is 2.74. The summed E-state index contributed by atoms with van der Waals surface area (Å²) in [6.45, 7) is 7.27. The molecule has 0 saturated heterocycles. The van der Waals surface area contributed by atoms with E-state index in [-0.39, 0.29) is 6.04 Å². The number of benzene rings is 1. The van der Waals surface area contributed by atoms with Gasteiger partial charge in [-0.25, -0.2) is 0 Å². The molecule has 0 amide bonds. The van der Waals surface area contributed by atoms with Crippen molar-refractivity contribution in [2.45, 2.75) is 46.1 Å². The second-order valence-corrected chi connectivity index (χ2v) is 6.19. The van der Waals surface area contributed by atoms with Crippen molar-refractivity contribution in [3.8, 4) is 5.75 Å². The first kappa shape index (κ1) is 15.5. The van der Waals surface area contributed by atoms with Gasteiger partial charge in [0, 0.05) is 6.04 Å². The van der Waals surface area contributed by atoms with E-state index < -0.39 is 0 Å². The summed E-state index contributed by atoms with van der Waals surface area (Å²) < 4.78 is 6.79. The third-order valence-corrected chi connectivity index (χ3v) is 3.36. The summed E-state index contributed by atoms with van der Waals surface area (Å²) in [5, 5.41) is 0. The van der Waals surface area contributed by atoms with Crippen molar-refractivity contribution in [3.05, 3.63) is 28.2 Å². The molecule has 0 bridgehead atoms. The molecular formula is C15H24BrNO. The zero-order chi connectivity index (χ0) is 13.5. The van der Waals surface area contributed by atoms with Crippen LogP contribution in [0.25, 0.3) is 0 Å². The van der Waals surface area contributed by atoms with Crippen molar-refractivity contribution >= 4 is 15.9 Å². The van der Waals surface area contributed by atoms with Gasteiger partial charge >= 0.3 is 0 Å². The fourth-order valence-electron chi connectivity index (χ4n) is 1.83. The van der Waals surface area contributed by atoms with Crippen LogP contribution in [0.1, 0.15) is 39.2 Å². The molecule has 0 aromatic heterocycles. The lowest BCUT2D eigenvalue weighted by molar-refractivity contribution is 0.296. The Balaban J connectivity index is 2.47. The van der Waals surface area contributed by atoms with E-state index in [0.29, 0.717) is 0 Å². The standard InChI is InChI=1S/C15H24BrNO/c1-11(2)5-4-8-18-15-7-6-13(9-12(3)17)10-14(15)16/h6-7,10-12H,4-5,8-9,17H2,1-3H3. The van der Waals surface area contributed by atoms with Crippen LogP contribution in [0.5, 0.6) is 5.75 Å². The molecule has 0 aliphatic heterocycles. The van der Waals surface area contributed by atoms with Gasteiger partial charge in [-0.1, -0.05) is 19.9 Å². The number of hydrogen-bond donors (Lipinski definition) is 1. The smallest absolute Gasteiger partial charge is 0.133 e. The predicted octanol–water partition coefficient (Wildman–Crippen LogP) is 4.15. The SMILES string of the molecule is CC(C)CCCOc1ccc(CC(C)N)cc1Br. The van der Waals surface area contributed by atoms with Crippen LogP contribution in [0, 0.1) is 5.92 Å². The minimum Gasteiger partial charge on any atom is -0.492 e. The van der Waals surface area contributed by atoms with Gasteiger partial charge in [0.25, 0.3) is 0 Å². The van der Waals surface area contributed by atoms with Crippen molar-refractivity contribution in [3.63, 3.8) is 0 Å². The Morgan fingerprint density at radius 2 is 2.00 bits per heavy atom. The summed E-state index contributed by atoms with van der Waals surface area (Å²) >= 11 is 3.55. The summed E-state index contributed by atoms with van der Waals surface area (Å²) in [6.07, 6.45) is 3.21. The van der Waals surface area contributed by atoms with Gasteiger partial charge in [0.05, 0.1) is 11.1 Å². The Morgan fingerprint density at radius 1 is 1.28 bits per heavy atom. The van der Waals surface area contributed by atoms with Gasteiger partial charge in [-0.3, -0.25) is 0 Å². The molecule has 0 heterocycles. The van der Waals surface area contributed by atoms with E-state index >= 15 is 0 Å². The molecule has 3 heteroatoms. The molecule has 1 aromatic carbocycles. The van der Waals surface area contributed by atoms with Crippen LogP contribution >= 0.6 is 15.9 Å². The van der Waals surface area contributed by atoms with Crippen LogP contribution in [-0.2, 0) is 6.42 Å². The van der Waals surface area contributed by atoms with E-state index in [4.69, 9.17) is 10.5 Å². The molecule has 2 nitrogen and oxygen atoms in total. The molecule has 0 saturated carbocycles. The number of ether oxygens (including phenoxy) is 1. The van der Waals surface area contributed by atoms with Gasteiger partial charge in [0.1, 0.15) is 5.75 Å². The van der Waals surface area contributed by atoms with Gasteiger partial charge in [0.2, 0.25) is 0 Å². The summed E-state index contributed by atoms with van der Waals surface area (Å²) in [5.41, 5.74) is 7.03. The second-order valence-electron chi connectivity index (χ2n) is 5.33. The van der Waals surface area contributed by atoms with Crippen molar-refractivity contribution < 1.29 is 4.74 Å². The predicted molar refractivity (Wildman–Crippen MR) is 81.1 cm³/mol. The van der Waals surface area contributed by atoms with E-state index in [2.05, 4.69) is 41.9 Å². The maximum Gasteiger partial charge on any atom is 0.133 e. The third kappa shape index (κ3) is 5.87. The Bertz CT molecular complexity index is 364. The molecule has 0 radical (unpaired) electrons. The maximum atomic E-state index is 5.79. The monoisotopic (exact) mass is 313 g/mol. The first-order valence-corrected chi connectivity index (χ1v) is 7.45. The molecule has 0 aliphatic carbocycles. The highest BCUT2D eigenvalue weighted by Crippen LogP contribution is 2.26. The van der Waals surface area contributed by atoms with Crippen molar-refractivity contribution in [1.82, 2.24) is 0 Å². The Labute approximate surface area is 119 Å². The van der Waals surface area contributed by atoms with Crippen LogP contribution in [0.2, 0.25) is 0 Å². The largest absolute Gasteiger partial charge is 0.492 e. The summed E-state index contributed by atoms with van der Waals surface area (Å²) in [7, 11) is 0. The zero-order valence-electron chi connectivity index (χ0n) is 11.6. The Morgan fingerprint density at radius 3 is 2.56 bits per heavy atom. The molecule has 0 aliphatic rings. The molecule has 1 aromatic rings. The van der Waals surface area contributed by atoms with Crippen LogP contribution in [-0.4, -0.2) is 12.6 Å². The van der Waals surface area contributed by atoms with Crippen LogP contribution in [0.15, 0.2) is 22.7 Å². The lowest BCUT2D eigenvalue weighted by Gasteiger charge is -2.11. The molecule has 102 valence electrons. The van der Waals surface area contributed by atoms with E-state index in [1.54, 1.807) is 0 Å². The molecule has 0 spiro atoms. The quantitative estimate of drug-likeness (QED) is 0.767. The van der Waals surface area contributed by atoms with Gasteiger partial charge in [-0.05, 0) is 65.7 Å². The van der Waals surface area contributed by atoms with E-state index in [1.165, 1.54) is 12.0 Å². The highest BCUT2D eigenvalue weighted by atomic mass is 79.9. The summed E-state index contributed by atoms with van der Waals surface area (Å²) in [6, 6.07) is 6.40. The lowest BCUT2D eigenvalue weighted by atomic mass is 10.1.